The van der Waals surface area contributed by atoms with Crippen molar-refractivity contribution in [3.63, 3.8) is 0 Å². The van der Waals surface area contributed by atoms with Crippen molar-refractivity contribution in [2.24, 2.45) is 0 Å². The van der Waals surface area contributed by atoms with E-state index in [1.165, 1.54) is 0 Å². The average molecular weight is 511 g/mol. The van der Waals surface area contributed by atoms with Gasteiger partial charge in [0, 0.05) is 28.9 Å². The Bertz CT molecular complexity index is 1610. The average Bonchev–Trinajstić information content (AvgIpc) is 3.34. The van der Waals surface area contributed by atoms with Crippen molar-refractivity contribution >= 4 is 16.6 Å². The van der Waals surface area contributed by atoms with Crippen LogP contribution in [0.2, 0.25) is 0 Å². The van der Waals surface area contributed by atoms with Gasteiger partial charge in [-0.2, -0.15) is 5.10 Å². The summed E-state index contributed by atoms with van der Waals surface area (Å²) in [5.41, 5.74) is 12.3. The standard InChI is InChI=1S/C34H30N4O/c1-24(2)39-32-22-25(20-21-36-32)33-30-23-29(35)18-19-31(30)38(37-33)34(26-12-6-3-7-13-26,27-14-8-4-9-15-27)28-16-10-5-11-17-28/h3-24H,35H2,1-2H3. The van der Waals surface area contributed by atoms with E-state index in [4.69, 9.17) is 15.6 Å². The van der Waals surface area contributed by atoms with E-state index in [2.05, 4.69) is 88.5 Å². The third kappa shape index (κ3) is 4.32. The SMILES string of the molecule is CC(C)Oc1cc(-c2nn(C(c3ccccc3)(c3ccccc3)c3ccccc3)c3ccc(N)cc23)ccn1. The first-order valence-corrected chi connectivity index (χ1v) is 13.2. The van der Waals surface area contributed by atoms with Gasteiger partial charge >= 0.3 is 0 Å². The fourth-order valence-corrected chi connectivity index (χ4v) is 5.37. The van der Waals surface area contributed by atoms with Crippen molar-refractivity contribution in [1.29, 1.82) is 0 Å². The number of nitrogens with zero attached hydrogens (tertiary/aromatic N) is 3. The van der Waals surface area contributed by atoms with E-state index < -0.39 is 5.54 Å². The fourth-order valence-electron chi connectivity index (χ4n) is 5.37. The molecule has 0 fully saturated rings. The predicted octanol–water partition coefficient (Wildman–Crippen LogP) is 7.31. The Labute approximate surface area is 228 Å². The van der Waals surface area contributed by atoms with Crippen molar-refractivity contribution in [3.05, 3.63) is 144 Å². The first-order chi connectivity index (χ1) is 19.1. The normalized spacial score (nSPS) is 11.7. The van der Waals surface area contributed by atoms with Gasteiger partial charge in [0.25, 0.3) is 0 Å². The summed E-state index contributed by atoms with van der Waals surface area (Å²) >= 11 is 0. The third-order valence-corrected chi connectivity index (χ3v) is 6.96. The fraction of sp³-hybridized carbons (Fsp3) is 0.118. The third-order valence-electron chi connectivity index (χ3n) is 6.96. The lowest BCUT2D eigenvalue weighted by atomic mass is 9.77. The Morgan fingerprint density at radius 1 is 0.718 bits per heavy atom. The smallest absolute Gasteiger partial charge is 0.214 e. The minimum absolute atomic E-state index is 0.0135. The second kappa shape index (κ2) is 10.1. The molecule has 6 aromatic rings. The maximum atomic E-state index is 6.34. The number of ether oxygens (including phenoxy) is 1. The second-order valence-corrected chi connectivity index (χ2v) is 9.89. The summed E-state index contributed by atoms with van der Waals surface area (Å²) in [6.45, 7) is 3.99. The maximum absolute atomic E-state index is 6.34. The van der Waals surface area contributed by atoms with Crippen molar-refractivity contribution in [2.45, 2.75) is 25.5 Å². The van der Waals surface area contributed by atoms with E-state index in [0.717, 1.165) is 38.9 Å². The number of nitrogens with two attached hydrogens (primary N) is 1. The molecule has 0 saturated heterocycles. The van der Waals surface area contributed by atoms with Crippen LogP contribution in [0.3, 0.4) is 0 Å². The molecule has 0 atom stereocenters. The van der Waals surface area contributed by atoms with Crippen LogP contribution in [-0.4, -0.2) is 20.9 Å². The zero-order valence-electron chi connectivity index (χ0n) is 22.0. The predicted molar refractivity (Wildman–Crippen MR) is 158 cm³/mol. The molecule has 0 spiro atoms. The van der Waals surface area contributed by atoms with Gasteiger partial charge in [-0.1, -0.05) is 91.0 Å². The molecule has 2 heterocycles. The highest BCUT2D eigenvalue weighted by Crippen LogP contribution is 2.44. The van der Waals surface area contributed by atoms with Crippen molar-refractivity contribution in [2.75, 3.05) is 5.73 Å². The van der Waals surface area contributed by atoms with Crippen molar-refractivity contribution < 1.29 is 4.74 Å². The van der Waals surface area contributed by atoms with Gasteiger partial charge in [-0.25, -0.2) is 9.67 Å². The van der Waals surface area contributed by atoms with Gasteiger partial charge in [-0.15, -0.1) is 0 Å². The van der Waals surface area contributed by atoms with Crippen LogP contribution in [0.4, 0.5) is 5.69 Å². The number of anilines is 1. The molecule has 0 radical (unpaired) electrons. The molecule has 0 saturated carbocycles. The number of pyridine rings is 1. The van der Waals surface area contributed by atoms with E-state index >= 15 is 0 Å². The first-order valence-electron chi connectivity index (χ1n) is 13.2. The van der Waals surface area contributed by atoms with E-state index in [1.54, 1.807) is 6.20 Å². The molecule has 0 unspecified atom stereocenters. The summed E-state index contributed by atoms with van der Waals surface area (Å²) in [7, 11) is 0. The second-order valence-electron chi connectivity index (χ2n) is 9.89. The zero-order valence-corrected chi connectivity index (χ0v) is 22.0. The van der Waals surface area contributed by atoms with E-state index in [9.17, 15) is 0 Å². The number of rotatable bonds is 7. The molecular formula is C34H30N4O. The molecule has 0 aliphatic rings. The Morgan fingerprint density at radius 2 is 1.28 bits per heavy atom. The first kappa shape index (κ1) is 24.4. The maximum Gasteiger partial charge on any atom is 0.214 e. The summed E-state index contributed by atoms with van der Waals surface area (Å²) in [6.07, 6.45) is 1.78. The highest BCUT2D eigenvalue weighted by atomic mass is 16.5. The van der Waals surface area contributed by atoms with Crippen molar-refractivity contribution in [1.82, 2.24) is 14.8 Å². The monoisotopic (exact) mass is 510 g/mol. The van der Waals surface area contributed by atoms with Gasteiger partial charge in [-0.3, -0.25) is 0 Å². The molecule has 5 heteroatoms. The van der Waals surface area contributed by atoms with Crippen LogP contribution in [0.15, 0.2) is 128 Å². The minimum Gasteiger partial charge on any atom is -0.475 e. The molecule has 39 heavy (non-hydrogen) atoms. The largest absolute Gasteiger partial charge is 0.475 e. The summed E-state index contributed by atoms with van der Waals surface area (Å²) in [5, 5.41) is 6.36. The Balaban J connectivity index is 1.73. The van der Waals surface area contributed by atoms with E-state index in [1.807, 2.05) is 56.3 Å². The molecule has 2 aromatic heterocycles. The molecule has 0 aliphatic heterocycles. The number of nitrogen functional groups attached to an aromatic ring is 1. The summed E-state index contributed by atoms with van der Waals surface area (Å²) in [5.74, 6) is 0.564. The lowest BCUT2D eigenvalue weighted by Gasteiger charge is -2.37. The summed E-state index contributed by atoms with van der Waals surface area (Å²) in [6, 6.07) is 41.6. The van der Waals surface area contributed by atoms with Crippen molar-refractivity contribution in [3.8, 4) is 17.1 Å². The molecule has 192 valence electrons. The quantitative estimate of drug-likeness (QED) is 0.181. The van der Waals surface area contributed by atoms with E-state index in [-0.39, 0.29) is 6.10 Å². The molecule has 5 nitrogen and oxygen atoms in total. The van der Waals surface area contributed by atoms with Gasteiger partial charge < -0.3 is 10.5 Å². The van der Waals surface area contributed by atoms with Gasteiger partial charge in [0.05, 0.1) is 11.6 Å². The highest BCUT2D eigenvalue weighted by Gasteiger charge is 2.41. The van der Waals surface area contributed by atoms with Crippen LogP contribution in [0.25, 0.3) is 22.2 Å². The lowest BCUT2D eigenvalue weighted by Crippen LogP contribution is -2.38. The van der Waals surface area contributed by atoms with Gasteiger partial charge in [-0.05, 0) is 54.8 Å². The van der Waals surface area contributed by atoms with Gasteiger partial charge in [0.15, 0.2) is 0 Å². The number of aromatic nitrogens is 3. The summed E-state index contributed by atoms with van der Waals surface area (Å²) in [4.78, 5) is 4.42. The molecule has 0 amide bonds. The van der Waals surface area contributed by atoms with Crippen LogP contribution in [0, 0.1) is 0 Å². The van der Waals surface area contributed by atoms with Crippen LogP contribution < -0.4 is 10.5 Å². The highest BCUT2D eigenvalue weighted by molar-refractivity contribution is 5.96. The van der Waals surface area contributed by atoms with E-state index in [0.29, 0.717) is 11.6 Å². The minimum atomic E-state index is -0.749. The van der Waals surface area contributed by atoms with Gasteiger partial charge in [0.2, 0.25) is 5.88 Å². The number of benzene rings is 4. The topological polar surface area (TPSA) is 66.0 Å². The van der Waals surface area contributed by atoms with Crippen LogP contribution in [-0.2, 0) is 5.54 Å². The Hall–Kier alpha value is -4.90. The zero-order chi connectivity index (χ0) is 26.8. The summed E-state index contributed by atoms with van der Waals surface area (Å²) < 4.78 is 8.08. The van der Waals surface area contributed by atoms with Crippen LogP contribution in [0.1, 0.15) is 30.5 Å². The van der Waals surface area contributed by atoms with Crippen LogP contribution in [0.5, 0.6) is 5.88 Å². The molecule has 4 aromatic carbocycles. The number of fused-ring (bicyclic) bond motifs is 1. The molecule has 2 N–H and O–H groups in total. The van der Waals surface area contributed by atoms with Gasteiger partial charge in [0.1, 0.15) is 11.2 Å². The number of hydrogen-bond donors (Lipinski definition) is 1. The van der Waals surface area contributed by atoms with Crippen LogP contribution >= 0.6 is 0 Å². The molecule has 6 rings (SSSR count). The molecular weight excluding hydrogens is 480 g/mol. The Morgan fingerprint density at radius 3 is 1.82 bits per heavy atom. The Kier molecular flexibility index (Phi) is 6.33. The molecule has 0 aliphatic carbocycles. The lowest BCUT2D eigenvalue weighted by molar-refractivity contribution is 0.233. The number of hydrogen-bond acceptors (Lipinski definition) is 4. The molecule has 0 bridgehead atoms.